The van der Waals surface area contributed by atoms with Crippen LogP contribution in [0, 0.1) is 0 Å². The first-order chi connectivity index (χ1) is 3.27. The third kappa shape index (κ3) is 17.7. The molecule has 0 fully saturated rings. The van der Waals surface area contributed by atoms with E-state index >= 15 is 0 Å². The first-order valence-corrected chi connectivity index (χ1v) is 2.49. The summed E-state index contributed by atoms with van der Waals surface area (Å²) in [5.74, 6) is -0.693. The van der Waals surface area contributed by atoms with Gasteiger partial charge in [-0.15, -0.1) is 36.4 Å². The summed E-state index contributed by atoms with van der Waals surface area (Å²) in [6.07, 6.45) is 2.08. The lowest BCUT2D eigenvalue weighted by Crippen LogP contribution is -1.91. The fourth-order valence-electron chi connectivity index (χ4n) is 0.328. The Balaban J connectivity index is -0.000000180. The van der Waals surface area contributed by atoms with Gasteiger partial charge < -0.3 is 5.11 Å². The van der Waals surface area contributed by atoms with E-state index in [0.29, 0.717) is 6.42 Å². The van der Waals surface area contributed by atoms with Crippen molar-refractivity contribution in [2.75, 3.05) is 0 Å². The molecule has 0 aliphatic heterocycles. The van der Waals surface area contributed by atoms with Crippen molar-refractivity contribution in [2.24, 2.45) is 0 Å². The Morgan fingerprint density at radius 3 is 2.11 bits per heavy atom. The monoisotopic (exact) mass is 266 g/mol. The summed E-state index contributed by atoms with van der Waals surface area (Å²) in [7, 11) is 0. The molecule has 0 saturated carbocycles. The maximum atomic E-state index is 9.76. The highest BCUT2D eigenvalue weighted by Crippen LogP contribution is 1.91. The van der Waals surface area contributed by atoms with Crippen molar-refractivity contribution in [1.29, 1.82) is 0 Å². The molecule has 0 bridgehead atoms. The van der Waals surface area contributed by atoms with Gasteiger partial charge in [-0.05, 0) is 6.42 Å². The Labute approximate surface area is 78.5 Å². The van der Waals surface area contributed by atoms with Crippen LogP contribution in [0.2, 0.25) is 0 Å². The average molecular weight is 267 g/mol. The molecule has 0 aromatic heterocycles. The van der Waals surface area contributed by atoms with E-state index < -0.39 is 5.97 Å². The molecular formula is C5H12ClIO2. The van der Waals surface area contributed by atoms with E-state index in [1.165, 1.54) is 0 Å². The molecule has 58 valence electrons. The number of carboxylic acid groups (broad SMARTS) is 1. The normalized spacial score (nSPS) is 6.78. The van der Waals surface area contributed by atoms with Crippen LogP contribution in [0.15, 0.2) is 0 Å². The first-order valence-electron chi connectivity index (χ1n) is 2.49. The smallest absolute Gasteiger partial charge is 0.303 e. The Kier molecular flexibility index (Phi) is 20.4. The lowest BCUT2D eigenvalue weighted by Gasteiger charge is -1.85. The number of hydrogen-bond acceptors (Lipinski definition) is 1. The van der Waals surface area contributed by atoms with Gasteiger partial charge >= 0.3 is 5.97 Å². The van der Waals surface area contributed by atoms with Crippen molar-refractivity contribution in [3.05, 3.63) is 0 Å². The molecule has 0 atom stereocenters. The maximum absolute atomic E-state index is 9.76. The first kappa shape index (κ1) is 16.2. The molecule has 9 heavy (non-hydrogen) atoms. The van der Waals surface area contributed by atoms with E-state index in [9.17, 15) is 4.79 Å². The number of unbranched alkanes of at least 4 members (excludes halogenated alkanes) is 1. The predicted octanol–water partition coefficient (Wildman–Crippen LogP) is 2.30. The zero-order valence-corrected chi connectivity index (χ0v) is 8.44. The highest BCUT2D eigenvalue weighted by Gasteiger charge is 1.90. The zero-order chi connectivity index (χ0) is 5.70. The number of hydrogen-bond donors (Lipinski definition) is 1. The van der Waals surface area contributed by atoms with Gasteiger partial charge in [0, 0.05) is 6.42 Å². The molecule has 0 saturated heterocycles. The zero-order valence-electron chi connectivity index (χ0n) is 5.29. The summed E-state index contributed by atoms with van der Waals surface area (Å²) in [6, 6.07) is 0. The summed E-state index contributed by atoms with van der Waals surface area (Å²) in [4.78, 5) is 9.76. The van der Waals surface area contributed by atoms with Gasteiger partial charge in [0.2, 0.25) is 0 Å². The third-order valence-electron chi connectivity index (χ3n) is 0.744. The minimum Gasteiger partial charge on any atom is -0.481 e. The summed E-state index contributed by atoms with van der Waals surface area (Å²) in [5, 5.41) is 8.04. The Morgan fingerprint density at radius 1 is 1.56 bits per heavy atom. The van der Waals surface area contributed by atoms with E-state index in [1.807, 2.05) is 6.92 Å². The van der Waals surface area contributed by atoms with E-state index in [-0.39, 0.29) is 36.4 Å². The highest BCUT2D eigenvalue weighted by atomic mass is 127. The predicted molar refractivity (Wildman–Crippen MR) is 49.8 cm³/mol. The molecule has 0 radical (unpaired) electrons. The summed E-state index contributed by atoms with van der Waals surface area (Å²) in [6.45, 7) is 1.98. The Morgan fingerprint density at radius 2 is 2.00 bits per heavy atom. The summed E-state index contributed by atoms with van der Waals surface area (Å²) in [5.41, 5.74) is 0. The van der Waals surface area contributed by atoms with Crippen molar-refractivity contribution >= 4 is 42.4 Å². The molecule has 0 aliphatic carbocycles. The van der Waals surface area contributed by atoms with Crippen LogP contribution < -0.4 is 0 Å². The van der Waals surface area contributed by atoms with Gasteiger partial charge in [-0.3, -0.25) is 4.79 Å². The van der Waals surface area contributed by atoms with E-state index in [2.05, 4.69) is 0 Å². The second-order valence-corrected chi connectivity index (χ2v) is 1.50. The van der Waals surface area contributed by atoms with Crippen LogP contribution in [0.4, 0.5) is 0 Å². The minimum absolute atomic E-state index is 0. The quantitative estimate of drug-likeness (QED) is 0.796. The molecule has 0 rings (SSSR count). The van der Waals surface area contributed by atoms with Gasteiger partial charge in [-0.1, -0.05) is 13.3 Å². The molecule has 4 heteroatoms. The van der Waals surface area contributed by atoms with Crippen LogP contribution >= 0.6 is 36.4 Å². The van der Waals surface area contributed by atoms with E-state index in [4.69, 9.17) is 5.11 Å². The second-order valence-electron chi connectivity index (χ2n) is 1.50. The molecule has 0 aromatic carbocycles. The number of aliphatic carboxylic acids is 1. The van der Waals surface area contributed by atoms with Crippen LogP contribution in [-0.4, -0.2) is 11.1 Å². The topological polar surface area (TPSA) is 37.3 Å². The van der Waals surface area contributed by atoms with Crippen LogP contribution in [-0.2, 0) is 4.79 Å². The number of carboxylic acids is 1. The molecular weight excluding hydrogens is 254 g/mol. The minimum atomic E-state index is -0.693. The van der Waals surface area contributed by atoms with Crippen molar-refractivity contribution in [3.63, 3.8) is 0 Å². The van der Waals surface area contributed by atoms with E-state index in [0.717, 1.165) is 12.8 Å². The number of rotatable bonds is 3. The molecule has 0 spiro atoms. The largest absolute Gasteiger partial charge is 0.481 e. The molecule has 1 N–H and O–H groups in total. The van der Waals surface area contributed by atoms with Gasteiger partial charge in [-0.2, -0.15) is 0 Å². The van der Waals surface area contributed by atoms with Crippen LogP contribution in [0.1, 0.15) is 26.2 Å². The van der Waals surface area contributed by atoms with Gasteiger partial charge in [0.15, 0.2) is 0 Å². The van der Waals surface area contributed by atoms with Crippen molar-refractivity contribution in [2.45, 2.75) is 26.2 Å². The number of halogens is 2. The molecule has 2 nitrogen and oxygen atoms in total. The van der Waals surface area contributed by atoms with Crippen molar-refractivity contribution in [3.8, 4) is 0 Å². The van der Waals surface area contributed by atoms with Crippen molar-refractivity contribution in [1.82, 2.24) is 0 Å². The summed E-state index contributed by atoms with van der Waals surface area (Å²) < 4.78 is 0. The Hall–Kier alpha value is 0.490. The summed E-state index contributed by atoms with van der Waals surface area (Å²) >= 11 is 0. The third-order valence-corrected chi connectivity index (χ3v) is 0.744. The van der Waals surface area contributed by atoms with Crippen LogP contribution in [0.3, 0.4) is 0 Å². The highest BCUT2D eigenvalue weighted by molar-refractivity contribution is 14.0. The van der Waals surface area contributed by atoms with Gasteiger partial charge in [0.1, 0.15) is 0 Å². The molecule has 0 amide bonds. The lowest BCUT2D eigenvalue weighted by molar-refractivity contribution is -0.137. The number of carbonyl (C=O) groups is 1. The molecule has 0 heterocycles. The molecule has 0 unspecified atom stereocenters. The SMILES string of the molecule is CCCCC(=O)O.Cl.I. The van der Waals surface area contributed by atoms with Crippen LogP contribution in [0.5, 0.6) is 0 Å². The van der Waals surface area contributed by atoms with E-state index in [1.54, 1.807) is 0 Å². The van der Waals surface area contributed by atoms with Gasteiger partial charge in [-0.25, -0.2) is 0 Å². The van der Waals surface area contributed by atoms with Gasteiger partial charge in [0.05, 0.1) is 0 Å². The van der Waals surface area contributed by atoms with Crippen LogP contribution in [0.25, 0.3) is 0 Å². The maximum Gasteiger partial charge on any atom is 0.303 e. The molecule has 0 aliphatic rings. The lowest BCUT2D eigenvalue weighted by atomic mass is 10.3. The second kappa shape index (κ2) is 11.3. The standard InChI is InChI=1S/C5H10O2.ClH.HI/c1-2-3-4-5(6)7;;/h2-4H2,1H3,(H,6,7);2*1H. The fraction of sp³-hybridized carbons (Fsp3) is 0.800. The van der Waals surface area contributed by atoms with Gasteiger partial charge in [0.25, 0.3) is 0 Å². The van der Waals surface area contributed by atoms with Crippen molar-refractivity contribution < 1.29 is 9.90 Å². The molecule has 0 aromatic rings. The fourth-order valence-corrected chi connectivity index (χ4v) is 0.328. The average Bonchev–Trinajstić information content (AvgIpc) is 1.61. The Bertz CT molecular complexity index is 68.0.